The maximum Gasteiger partial charge on any atom is 0.333 e. The maximum atomic E-state index is 11.9. The van der Waals surface area contributed by atoms with E-state index in [-0.39, 0.29) is 31.7 Å². The van der Waals surface area contributed by atoms with Gasteiger partial charge < -0.3 is 19.7 Å². The first-order valence-electron chi connectivity index (χ1n) is 15.7. The van der Waals surface area contributed by atoms with Crippen molar-refractivity contribution < 1.29 is 24.5 Å². The van der Waals surface area contributed by atoms with Gasteiger partial charge in [0.1, 0.15) is 5.75 Å². The lowest BCUT2D eigenvalue weighted by molar-refractivity contribution is -0.138. The highest BCUT2D eigenvalue weighted by molar-refractivity contribution is 5.86. The summed E-state index contributed by atoms with van der Waals surface area (Å²) >= 11 is 0. The number of hydrogen-bond donors (Lipinski definition) is 2. The van der Waals surface area contributed by atoms with Crippen LogP contribution in [0.2, 0.25) is 0 Å². The van der Waals surface area contributed by atoms with Gasteiger partial charge in [0.15, 0.2) is 0 Å². The molecule has 0 atom stereocenters. The number of aliphatic hydroxyl groups is 2. The molecule has 3 rings (SSSR count). The van der Waals surface area contributed by atoms with Crippen LogP contribution in [0.15, 0.2) is 30.4 Å². The van der Waals surface area contributed by atoms with E-state index in [2.05, 4.69) is 31.7 Å². The molecule has 2 N–H and O–H groups in total. The van der Waals surface area contributed by atoms with E-state index in [1.807, 2.05) is 0 Å². The lowest BCUT2D eigenvalue weighted by Gasteiger charge is -2.38. The molecule has 0 bridgehead atoms. The predicted molar refractivity (Wildman–Crippen MR) is 158 cm³/mol. The minimum atomic E-state index is -0.365. The number of aliphatic hydroxyl groups excluding tert-OH is 2. The molecule has 0 spiro atoms. The van der Waals surface area contributed by atoms with Gasteiger partial charge in [0.25, 0.3) is 0 Å². The van der Waals surface area contributed by atoms with Crippen molar-refractivity contribution in [3.05, 3.63) is 41.5 Å². The van der Waals surface area contributed by atoms with Crippen molar-refractivity contribution in [2.24, 2.45) is 23.7 Å². The lowest BCUT2D eigenvalue weighted by atomic mass is 9.68. The summed E-state index contributed by atoms with van der Waals surface area (Å²) in [5, 5.41) is 18.7. The summed E-state index contributed by atoms with van der Waals surface area (Å²) in [6.45, 7) is 8.23. The highest BCUT2D eigenvalue weighted by atomic mass is 16.5. The first kappa shape index (κ1) is 31.7. The Labute approximate surface area is 237 Å². The van der Waals surface area contributed by atoms with Crippen molar-refractivity contribution >= 4 is 5.97 Å². The largest absolute Gasteiger partial charge is 0.493 e. The van der Waals surface area contributed by atoms with Crippen LogP contribution in [-0.2, 0) is 16.0 Å². The number of benzene rings is 1. The number of ether oxygens (including phenoxy) is 2. The molecule has 1 aromatic rings. The van der Waals surface area contributed by atoms with Crippen molar-refractivity contribution in [3.63, 3.8) is 0 Å². The molecule has 2 aliphatic carbocycles. The van der Waals surface area contributed by atoms with E-state index in [0.29, 0.717) is 30.9 Å². The van der Waals surface area contributed by atoms with Gasteiger partial charge in [-0.2, -0.15) is 0 Å². The van der Waals surface area contributed by atoms with Gasteiger partial charge in [0.2, 0.25) is 0 Å². The highest BCUT2D eigenvalue weighted by Gasteiger charge is 2.31. The molecule has 5 heteroatoms. The lowest BCUT2D eigenvalue weighted by Crippen LogP contribution is -2.25. The number of esters is 1. The molecule has 1 aromatic carbocycles. The third kappa shape index (κ3) is 10.2. The summed E-state index contributed by atoms with van der Waals surface area (Å²) in [7, 11) is 0. The van der Waals surface area contributed by atoms with E-state index in [1.54, 1.807) is 6.92 Å². The molecule has 0 radical (unpaired) electrons. The molecule has 0 aliphatic heterocycles. The summed E-state index contributed by atoms with van der Waals surface area (Å²) in [5.41, 5.74) is 2.82. The third-order valence-electron chi connectivity index (χ3n) is 9.35. The number of rotatable bonds is 16. The zero-order valence-electron chi connectivity index (χ0n) is 24.7. The van der Waals surface area contributed by atoms with Crippen molar-refractivity contribution in [1.29, 1.82) is 0 Å². The third-order valence-corrected chi connectivity index (χ3v) is 9.35. The molecular formula is C34H54O5. The van der Waals surface area contributed by atoms with Crippen LogP contribution in [-0.4, -0.2) is 42.6 Å². The second-order valence-corrected chi connectivity index (χ2v) is 12.3. The Kier molecular flexibility index (Phi) is 13.9. The molecule has 2 aliphatic rings. The zero-order valence-corrected chi connectivity index (χ0v) is 24.7. The Morgan fingerprint density at radius 3 is 2.26 bits per heavy atom. The van der Waals surface area contributed by atoms with Crippen LogP contribution in [0, 0.1) is 23.7 Å². The maximum absolute atomic E-state index is 11.9. The van der Waals surface area contributed by atoms with Crippen LogP contribution >= 0.6 is 0 Å². The normalized spacial score (nSPS) is 23.5. The summed E-state index contributed by atoms with van der Waals surface area (Å²) in [4.78, 5) is 11.9. The molecule has 0 saturated heterocycles. The van der Waals surface area contributed by atoms with Crippen LogP contribution in [0.4, 0.5) is 0 Å². The van der Waals surface area contributed by atoms with Gasteiger partial charge in [-0.25, -0.2) is 4.79 Å². The van der Waals surface area contributed by atoms with Gasteiger partial charge in [0, 0.05) is 31.1 Å². The number of carbonyl (C=O) groups is 1. The van der Waals surface area contributed by atoms with E-state index in [4.69, 9.17) is 9.47 Å². The molecule has 5 nitrogen and oxygen atoms in total. The summed E-state index contributed by atoms with van der Waals surface area (Å²) in [5.74, 6) is 3.65. The zero-order chi connectivity index (χ0) is 28.0. The van der Waals surface area contributed by atoms with Gasteiger partial charge >= 0.3 is 5.97 Å². The molecule has 2 saturated carbocycles. The highest BCUT2D eigenvalue weighted by Crippen LogP contribution is 2.45. The van der Waals surface area contributed by atoms with E-state index < -0.39 is 0 Å². The van der Waals surface area contributed by atoms with Crippen LogP contribution < -0.4 is 4.74 Å². The topological polar surface area (TPSA) is 76.0 Å². The molecular weight excluding hydrogens is 488 g/mol. The molecule has 220 valence electrons. The second-order valence-electron chi connectivity index (χ2n) is 12.3. The van der Waals surface area contributed by atoms with Crippen molar-refractivity contribution in [2.45, 2.75) is 110 Å². The Hall–Kier alpha value is -1.85. The molecule has 0 amide bonds. The van der Waals surface area contributed by atoms with E-state index in [1.165, 1.54) is 82.6 Å². The fourth-order valence-electron chi connectivity index (χ4n) is 6.70. The molecule has 0 unspecified atom stereocenters. The monoisotopic (exact) mass is 542 g/mol. The van der Waals surface area contributed by atoms with Gasteiger partial charge in [0.05, 0.1) is 13.2 Å². The smallest absolute Gasteiger partial charge is 0.333 e. The van der Waals surface area contributed by atoms with Crippen LogP contribution in [0.25, 0.3) is 0 Å². The quantitative estimate of drug-likeness (QED) is 0.129. The summed E-state index contributed by atoms with van der Waals surface area (Å²) < 4.78 is 11.5. The Morgan fingerprint density at radius 2 is 1.64 bits per heavy atom. The van der Waals surface area contributed by atoms with Gasteiger partial charge in [-0.15, -0.1) is 0 Å². The minimum Gasteiger partial charge on any atom is -0.493 e. The predicted octanol–water partition coefficient (Wildman–Crippen LogP) is 7.38. The van der Waals surface area contributed by atoms with Crippen LogP contribution in [0.5, 0.6) is 5.75 Å². The average molecular weight is 543 g/mol. The Bertz CT molecular complexity index is 860. The molecule has 0 aromatic heterocycles. The summed E-state index contributed by atoms with van der Waals surface area (Å²) in [6, 6.07) is 6.52. The number of unbranched alkanes of at least 4 members (excludes halogenated alkanes) is 2. The standard InChI is InChI=1S/C34H54O5/c1-4-5-6-7-26-8-10-28(11-9-26)29-12-14-30(15-13-29)31-16-17-33(38-20-18-27(23-35)24-36)32(22-31)19-21-39-34(37)25(2)3/h16-17,22,26-30,35-36H,2,4-15,18-21,23-24H2,1,3H3. The SMILES string of the molecule is C=C(C)C(=O)OCCc1cc(C2CCC(C3CCC(CCCCC)CC3)CC2)ccc1OCCC(CO)CO. The molecule has 2 fully saturated rings. The minimum absolute atomic E-state index is 0.0500. The van der Waals surface area contributed by atoms with Crippen molar-refractivity contribution in [2.75, 3.05) is 26.4 Å². The van der Waals surface area contributed by atoms with Gasteiger partial charge in [-0.1, -0.05) is 64.2 Å². The van der Waals surface area contributed by atoms with E-state index in [0.717, 1.165) is 29.1 Å². The fraction of sp³-hybridized carbons (Fsp3) is 0.735. The van der Waals surface area contributed by atoms with Crippen LogP contribution in [0.1, 0.15) is 114 Å². The van der Waals surface area contributed by atoms with Crippen molar-refractivity contribution in [3.8, 4) is 5.75 Å². The molecule has 39 heavy (non-hydrogen) atoms. The van der Waals surface area contributed by atoms with Crippen LogP contribution in [0.3, 0.4) is 0 Å². The fourth-order valence-corrected chi connectivity index (χ4v) is 6.70. The number of hydrogen-bond acceptors (Lipinski definition) is 5. The van der Waals surface area contributed by atoms with Gasteiger partial charge in [-0.05, 0) is 92.7 Å². The Morgan fingerprint density at radius 1 is 0.974 bits per heavy atom. The van der Waals surface area contributed by atoms with Crippen molar-refractivity contribution in [1.82, 2.24) is 0 Å². The first-order chi connectivity index (χ1) is 18.9. The Balaban J connectivity index is 1.55. The second kappa shape index (κ2) is 17.1. The van der Waals surface area contributed by atoms with E-state index in [9.17, 15) is 15.0 Å². The first-order valence-corrected chi connectivity index (χ1v) is 15.7. The van der Waals surface area contributed by atoms with E-state index >= 15 is 0 Å². The van der Waals surface area contributed by atoms with Gasteiger partial charge in [-0.3, -0.25) is 0 Å². The average Bonchev–Trinajstić information content (AvgIpc) is 2.96. The summed E-state index contributed by atoms with van der Waals surface area (Å²) in [6.07, 6.45) is 17.7. The molecule has 0 heterocycles. The number of carbonyl (C=O) groups excluding carboxylic acids is 1.